The molecule has 1 aliphatic carbocycles. The number of methoxy groups -OCH3 is 2. The summed E-state index contributed by atoms with van der Waals surface area (Å²) in [6, 6.07) is 22.1. The van der Waals surface area contributed by atoms with E-state index >= 15 is 0 Å². The van der Waals surface area contributed by atoms with Crippen LogP contribution in [-0.2, 0) is 22.6 Å². The number of hydrogen-bond donors (Lipinski definition) is 1. The van der Waals surface area contributed by atoms with Gasteiger partial charge in [0, 0.05) is 41.7 Å². The summed E-state index contributed by atoms with van der Waals surface area (Å²) < 4.78 is 17.5. The Morgan fingerprint density at radius 1 is 0.897 bits per heavy atom. The first-order valence-corrected chi connectivity index (χ1v) is 14.0. The van der Waals surface area contributed by atoms with Crippen molar-refractivity contribution < 1.29 is 23.8 Å². The fraction of sp³-hybridized carbons (Fsp3) is 0.355. The van der Waals surface area contributed by atoms with Crippen LogP contribution in [0.15, 0.2) is 77.3 Å². The van der Waals surface area contributed by atoms with Crippen LogP contribution in [0.2, 0.25) is 0 Å². The molecule has 3 aromatic carbocycles. The van der Waals surface area contributed by atoms with E-state index in [0.29, 0.717) is 23.7 Å². The number of carbonyl (C=O) groups is 2. The lowest BCUT2D eigenvalue weighted by Gasteiger charge is -2.32. The maximum absolute atomic E-state index is 13.8. The van der Waals surface area contributed by atoms with E-state index in [1.807, 2.05) is 54.6 Å². The van der Waals surface area contributed by atoms with Gasteiger partial charge < -0.3 is 24.4 Å². The minimum atomic E-state index is -0.701. The molecule has 0 spiro atoms. The lowest BCUT2D eigenvalue weighted by molar-refractivity contribution is -0.143. The first-order valence-electron chi connectivity index (χ1n) is 13.2. The van der Waals surface area contributed by atoms with Gasteiger partial charge in [0.05, 0.1) is 14.2 Å². The van der Waals surface area contributed by atoms with Crippen molar-refractivity contribution in [2.24, 2.45) is 0 Å². The fourth-order valence-corrected chi connectivity index (χ4v) is 5.06. The molecule has 4 rings (SSSR count). The van der Waals surface area contributed by atoms with Crippen LogP contribution in [0.4, 0.5) is 0 Å². The van der Waals surface area contributed by atoms with Crippen molar-refractivity contribution in [3.05, 3.63) is 88.4 Å². The second kappa shape index (κ2) is 14.0. The molecular weight excluding hydrogens is 560 g/mol. The van der Waals surface area contributed by atoms with Crippen molar-refractivity contribution in [1.82, 2.24) is 10.2 Å². The third-order valence-electron chi connectivity index (χ3n) is 6.93. The minimum absolute atomic E-state index is 0.140. The number of benzene rings is 3. The largest absolute Gasteiger partial charge is 0.496 e. The van der Waals surface area contributed by atoms with Gasteiger partial charge in [0.15, 0.2) is 6.61 Å². The molecule has 0 unspecified atom stereocenters. The van der Waals surface area contributed by atoms with Gasteiger partial charge in [-0.25, -0.2) is 0 Å². The second-order valence-corrected chi connectivity index (χ2v) is 10.6. The Kier molecular flexibility index (Phi) is 10.3. The Labute approximate surface area is 238 Å². The van der Waals surface area contributed by atoms with Crippen LogP contribution in [-0.4, -0.2) is 49.6 Å². The third kappa shape index (κ3) is 8.23. The molecule has 0 radical (unpaired) electrons. The number of hydrogen-bond acceptors (Lipinski definition) is 5. The quantitative estimate of drug-likeness (QED) is 0.298. The van der Waals surface area contributed by atoms with Crippen molar-refractivity contribution in [2.75, 3.05) is 20.8 Å². The van der Waals surface area contributed by atoms with E-state index in [-0.39, 0.29) is 31.0 Å². The van der Waals surface area contributed by atoms with Gasteiger partial charge in [0.25, 0.3) is 5.91 Å². The van der Waals surface area contributed by atoms with Gasteiger partial charge >= 0.3 is 0 Å². The number of rotatable bonds is 12. The van der Waals surface area contributed by atoms with Crippen molar-refractivity contribution in [1.29, 1.82) is 0 Å². The molecule has 1 aliphatic rings. The third-order valence-corrected chi connectivity index (χ3v) is 7.45. The summed E-state index contributed by atoms with van der Waals surface area (Å²) >= 11 is 3.47. The van der Waals surface area contributed by atoms with Crippen LogP contribution in [0.25, 0.3) is 0 Å². The maximum Gasteiger partial charge on any atom is 0.261 e. The van der Waals surface area contributed by atoms with Crippen molar-refractivity contribution in [3.8, 4) is 17.2 Å². The van der Waals surface area contributed by atoms with E-state index in [0.717, 1.165) is 41.3 Å². The Morgan fingerprint density at radius 3 is 2.13 bits per heavy atom. The predicted molar refractivity (Wildman–Crippen MR) is 154 cm³/mol. The van der Waals surface area contributed by atoms with E-state index in [1.54, 1.807) is 37.3 Å². The molecule has 0 heterocycles. The second-order valence-electron chi connectivity index (χ2n) is 9.68. The molecule has 1 atom stereocenters. The zero-order valence-corrected chi connectivity index (χ0v) is 24.0. The number of halogens is 1. The average Bonchev–Trinajstić information content (AvgIpc) is 3.48. The smallest absolute Gasteiger partial charge is 0.261 e. The SMILES string of the molecule is COc1cc(OC)cc(OCC(=O)N(Cc2ccc(Br)cc2)[C@H](Cc2ccccc2)C(=O)NC2CCCC2)c1. The first-order chi connectivity index (χ1) is 18.9. The molecule has 0 aromatic heterocycles. The van der Waals surface area contributed by atoms with Gasteiger partial charge in [0.1, 0.15) is 23.3 Å². The summed E-state index contributed by atoms with van der Waals surface area (Å²) in [6.45, 7) is 0.0291. The molecule has 8 heteroatoms. The fourth-order valence-electron chi connectivity index (χ4n) is 4.80. The van der Waals surface area contributed by atoms with Crippen LogP contribution in [0.1, 0.15) is 36.8 Å². The van der Waals surface area contributed by atoms with Crippen molar-refractivity contribution >= 4 is 27.7 Å². The summed E-state index contributed by atoms with van der Waals surface area (Å²) in [7, 11) is 3.11. The van der Waals surface area contributed by atoms with E-state index in [9.17, 15) is 9.59 Å². The number of nitrogens with zero attached hydrogens (tertiary/aromatic N) is 1. The van der Waals surface area contributed by atoms with E-state index in [1.165, 1.54) is 0 Å². The van der Waals surface area contributed by atoms with E-state index in [2.05, 4.69) is 21.2 Å². The number of amides is 2. The lowest BCUT2D eigenvalue weighted by Crippen LogP contribution is -2.53. The highest BCUT2D eigenvalue weighted by Gasteiger charge is 2.32. The Balaban J connectivity index is 1.61. The monoisotopic (exact) mass is 594 g/mol. The molecule has 2 amide bonds. The highest BCUT2D eigenvalue weighted by Crippen LogP contribution is 2.28. The molecule has 0 saturated heterocycles. The normalized spacial score (nSPS) is 13.9. The van der Waals surface area contributed by atoms with Gasteiger partial charge in [-0.1, -0.05) is 71.2 Å². The summed E-state index contributed by atoms with van der Waals surface area (Å²) in [5.41, 5.74) is 1.90. The summed E-state index contributed by atoms with van der Waals surface area (Å²) in [4.78, 5) is 29.2. The van der Waals surface area contributed by atoms with Crippen LogP contribution < -0.4 is 19.5 Å². The summed E-state index contributed by atoms with van der Waals surface area (Å²) in [5.74, 6) is 1.13. The Morgan fingerprint density at radius 2 is 1.51 bits per heavy atom. The van der Waals surface area contributed by atoms with Crippen LogP contribution >= 0.6 is 15.9 Å². The summed E-state index contributed by atoms with van der Waals surface area (Å²) in [5, 5.41) is 3.22. The zero-order valence-electron chi connectivity index (χ0n) is 22.4. The lowest BCUT2D eigenvalue weighted by atomic mass is 10.0. The standard InChI is InChI=1S/C31H35BrN2O5/c1-37-26-17-27(38-2)19-28(18-26)39-21-30(35)34(20-23-12-14-24(32)15-13-23)29(16-22-8-4-3-5-9-22)31(36)33-25-10-6-7-11-25/h3-5,8-9,12-15,17-19,25,29H,6-7,10-11,16,20-21H2,1-2H3,(H,33,36)/t29-/m1/s1. The maximum atomic E-state index is 13.8. The molecule has 39 heavy (non-hydrogen) atoms. The Bertz CT molecular complexity index is 1210. The number of carbonyl (C=O) groups excluding carboxylic acids is 2. The van der Waals surface area contributed by atoms with E-state index in [4.69, 9.17) is 14.2 Å². The van der Waals surface area contributed by atoms with Gasteiger partial charge in [-0.05, 0) is 36.1 Å². The minimum Gasteiger partial charge on any atom is -0.496 e. The molecule has 1 N–H and O–H groups in total. The van der Waals surface area contributed by atoms with Crippen LogP contribution in [0, 0.1) is 0 Å². The van der Waals surface area contributed by atoms with Crippen LogP contribution in [0.3, 0.4) is 0 Å². The zero-order chi connectivity index (χ0) is 27.6. The molecular formula is C31H35BrN2O5. The van der Waals surface area contributed by atoms with Crippen molar-refractivity contribution in [3.63, 3.8) is 0 Å². The number of nitrogens with one attached hydrogen (secondary N) is 1. The molecule has 206 valence electrons. The highest BCUT2D eigenvalue weighted by molar-refractivity contribution is 9.10. The van der Waals surface area contributed by atoms with E-state index < -0.39 is 6.04 Å². The molecule has 0 aliphatic heterocycles. The molecule has 1 saturated carbocycles. The van der Waals surface area contributed by atoms with Crippen molar-refractivity contribution in [2.45, 2.75) is 50.7 Å². The molecule has 3 aromatic rings. The van der Waals surface area contributed by atoms with Gasteiger partial charge in [0.2, 0.25) is 5.91 Å². The molecule has 7 nitrogen and oxygen atoms in total. The van der Waals surface area contributed by atoms with Crippen LogP contribution in [0.5, 0.6) is 17.2 Å². The summed E-state index contributed by atoms with van der Waals surface area (Å²) in [6.07, 6.45) is 4.53. The predicted octanol–water partition coefficient (Wildman–Crippen LogP) is 5.54. The first kappa shape index (κ1) is 28.5. The average molecular weight is 596 g/mol. The molecule has 0 bridgehead atoms. The number of ether oxygens (including phenoxy) is 3. The highest BCUT2D eigenvalue weighted by atomic mass is 79.9. The molecule has 1 fully saturated rings. The van der Waals surface area contributed by atoms with Gasteiger partial charge in [-0.3, -0.25) is 9.59 Å². The Hall–Kier alpha value is -3.52. The van der Waals surface area contributed by atoms with Gasteiger partial charge in [-0.2, -0.15) is 0 Å². The van der Waals surface area contributed by atoms with Gasteiger partial charge in [-0.15, -0.1) is 0 Å². The topological polar surface area (TPSA) is 77.1 Å².